The highest BCUT2D eigenvalue weighted by Gasteiger charge is 2.18. The zero-order valence-electron chi connectivity index (χ0n) is 17.3. The Hall–Kier alpha value is -2.62. The van der Waals surface area contributed by atoms with Gasteiger partial charge >= 0.3 is 0 Å². The van der Waals surface area contributed by atoms with Crippen LogP contribution in [0.2, 0.25) is 0 Å². The van der Waals surface area contributed by atoms with E-state index in [1.807, 2.05) is 24.6 Å². The molecule has 0 saturated heterocycles. The van der Waals surface area contributed by atoms with Crippen LogP contribution in [-0.2, 0) is 14.8 Å². The molecule has 1 amide bonds. The third-order valence-corrected chi connectivity index (χ3v) is 7.10. The molecule has 0 aliphatic carbocycles. The summed E-state index contributed by atoms with van der Waals surface area (Å²) in [6, 6.07) is 12.4. The van der Waals surface area contributed by atoms with Gasteiger partial charge in [0.25, 0.3) is 0 Å². The van der Waals surface area contributed by atoms with Gasteiger partial charge in [0.1, 0.15) is 0 Å². The maximum Gasteiger partial charge on any atom is 0.242 e. The lowest BCUT2D eigenvalue weighted by atomic mass is 10.1. The number of hydrogen-bond acceptors (Lipinski definition) is 5. The van der Waals surface area contributed by atoms with Gasteiger partial charge in [0, 0.05) is 37.9 Å². The molecule has 1 N–H and O–H groups in total. The summed E-state index contributed by atoms with van der Waals surface area (Å²) in [6.45, 7) is 4.08. The van der Waals surface area contributed by atoms with Gasteiger partial charge in [-0.25, -0.2) is 17.7 Å². The predicted molar refractivity (Wildman–Crippen MR) is 120 cm³/mol. The molecule has 0 unspecified atom stereocenters. The zero-order valence-corrected chi connectivity index (χ0v) is 18.9. The van der Waals surface area contributed by atoms with Crippen molar-refractivity contribution >= 4 is 33.4 Å². The lowest BCUT2D eigenvalue weighted by Gasteiger charge is -2.13. The first-order valence-electron chi connectivity index (χ1n) is 9.24. The Morgan fingerprint density at radius 2 is 1.83 bits per heavy atom. The largest absolute Gasteiger partial charge is 0.325 e. The van der Waals surface area contributed by atoms with Gasteiger partial charge in [-0.2, -0.15) is 0 Å². The number of amides is 1. The molecule has 0 fully saturated rings. The first-order chi connectivity index (χ1) is 14.2. The fraction of sp³-hybridized carbons (Fsp3) is 0.238. The predicted octanol–water partition coefficient (Wildman–Crippen LogP) is 3.47. The maximum absolute atomic E-state index is 12.4. The van der Waals surface area contributed by atoms with Crippen LogP contribution >= 0.6 is 11.8 Å². The second-order valence-electron chi connectivity index (χ2n) is 7.08. The van der Waals surface area contributed by atoms with Crippen molar-refractivity contribution in [1.29, 1.82) is 0 Å². The molecular weight excluding hydrogens is 420 g/mol. The molecule has 3 aromatic rings. The summed E-state index contributed by atoms with van der Waals surface area (Å²) < 4.78 is 27.6. The number of sulfonamides is 1. The smallest absolute Gasteiger partial charge is 0.242 e. The number of rotatable bonds is 7. The van der Waals surface area contributed by atoms with E-state index in [4.69, 9.17) is 0 Å². The fourth-order valence-corrected chi connectivity index (χ4v) is 4.68. The molecule has 7 nitrogen and oxygen atoms in total. The van der Waals surface area contributed by atoms with Gasteiger partial charge in [0.15, 0.2) is 5.16 Å². The minimum absolute atomic E-state index is 0.128. The second-order valence-corrected chi connectivity index (χ2v) is 10.2. The molecular formula is C21H24N4O3S2. The van der Waals surface area contributed by atoms with Gasteiger partial charge < -0.3 is 5.32 Å². The Bertz CT molecular complexity index is 1150. The first-order valence-corrected chi connectivity index (χ1v) is 11.7. The van der Waals surface area contributed by atoms with Crippen LogP contribution in [0.5, 0.6) is 0 Å². The molecule has 0 saturated carbocycles. The van der Waals surface area contributed by atoms with Crippen LogP contribution < -0.4 is 5.32 Å². The van der Waals surface area contributed by atoms with E-state index < -0.39 is 10.0 Å². The molecule has 1 aromatic heterocycles. The molecule has 0 spiro atoms. The Labute approximate surface area is 181 Å². The van der Waals surface area contributed by atoms with E-state index >= 15 is 0 Å². The van der Waals surface area contributed by atoms with E-state index in [1.54, 1.807) is 18.3 Å². The zero-order chi connectivity index (χ0) is 21.9. The van der Waals surface area contributed by atoms with E-state index in [0.29, 0.717) is 10.8 Å². The molecule has 0 atom stereocenters. The highest BCUT2D eigenvalue weighted by Crippen LogP contribution is 2.23. The number of aryl methyl sites for hydroxylation is 2. The third kappa shape index (κ3) is 5.10. The van der Waals surface area contributed by atoms with Crippen LogP contribution in [0.3, 0.4) is 0 Å². The number of imidazole rings is 1. The van der Waals surface area contributed by atoms with Crippen LogP contribution in [-0.4, -0.2) is 48.0 Å². The van der Waals surface area contributed by atoms with Crippen molar-refractivity contribution in [3.05, 3.63) is 66.0 Å². The van der Waals surface area contributed by atoms with E-state index in [2.05, 4.69) is 28.5 Å². The second kappa shape index (κ2) is 9.03. The quantitative estimate of drug-likeness (QED) is 0.564. The van der Waals surface area contributed by atoms with Crippen LogP contribution in [0, 0.1) is 13.8 Å². The summed E-state index contributed by atoms with van der Waals surface area (Å²) in [5, 5.41) is 3.46. The molecule has 0 aliphatic rings. The van der Waals surface area contributed by atoms with Crippen molar-refractivity contribution in [3.63, 3.8) is 0 Å². The highest BCUT2D eigenvalue weighted by atomic mass is 32.2. The summed E-state index contributed by atoms with van der Waals surface area (Å²) in [6.07, 6.45) is 3.57. The van der Waals surface area contributed by atoms with Crippen LogP contribution in [0.4, 0.5) is 5.69 Å². The van der Waals surface area contributed by atoms with Crippen molar-refractivity contribution in [1.82, 2.24) is 13.9 Å². The molecule has 1 heterocycles. The molecule has 2 aromatic carbocycles. The Kier molecular flexibility index (Phi) is 6.64. The van der Waals surface area contributed by atoms with Gasteiger partial charge in [0.05, 0.1) is 10.6 Å². The molecule has 0 radical (unpaired) electrons. The van der Waals surface area contributed by atoms with Crippen molar-refractivity contribution in [2.75, 3.05) is 25.2 Å². The Morgan fingerprint density at radius 3 is 2.50 bits per heavy atom. The van der Waals surface area contributed by atoms with Gasteiger partial charge in [-0.1, -0.05) is 23.9 Å². The van der Waals surface area contributed by atoms with Crippen LogP contribution in [0.1, 0.15) is 11.1 Å². The van der Waals surface area contributed by atoms with E-state index in [0.717, 1.165) is 21.1 Å². The number of carbonyl (C=O) groups excluding carboxylic acids is 1. The molecule has 3 rings (SSSR count). The summed E-state index contributed by atoms with van der Waals surface area (Å²) in [7, 11) is -0.628. The van der Waals surface area contributed by atoms with Gasteiger partial charge in [-0.15, -0.1) is 0 Å². The average Bonchev–Trinajstić information content (AvgIpc) is 3.14. The maximum atomic E-state index is 12.4. The molecule has 30 heavy (non-hydrogen) atoms. The van der Waals surface area contributed by atoms with Gasteiger partial charge in [-0.3, -0.25) is 9.36 Å². The topological polar surface area (TPSA) is 84.3 Å². The number of carbonyl (C=O) groups is 1. The van der Waals surface area contributed by atoms with Crippen LogP contribution in [0.15, 0.2) is 64.9 Å². The molecule has 9 heteroatoms. The van der Waals surface area contributed by atoms with E-state index in [1.165, 1.54) is 38.0 Å². The van der Waals surface area contributed by atoms with E-state index in [9.17, 15) is 13.2 Å². The lowest BCUT2D eigenvalue weighted by molar-refractivity contribution is -0.113. The summed E-state index contributed by atoms with van der Waals surface area (Å²) in [5.74, 6) is -0.0960. The van der Waals surface area contributed by atoms with Crippen molar-refractivity contribution in [3.8, 4) is 5.69 Å². The number of benzene rings is 2. The minimum atomic E-state index is -3.56. The van der Waals surface area contributed by atoms with Gasteiger partial charge in [0.2, 0.25) is 15.9 Å². The number of anilines is 1. The Morgan fingerprint density at radius 1 is 1.13 bits per heavy atom. The van der Waals surface area contributed by atoms with Gasteiger partial charge in [-0.05, 0) is 55.3 Å². The number of nitrogens with one attached hydrogen (secondary N) is 1. The molecule has 0 aliphatic heterocycles. The number of nitrogens with zero attached hydrogens (tertiary/aromatic N) is 3. The van der Waals surface area contributed by atoms with Crippen LogP contribution in [0.25, 0.3) is 5.69 Å². The van der Waals surface area contributed by atoms with E-state index in [-0.39, 0.29) is 16.6 Å². The van der Waals surface area contributed by atoms with Crippen molar-refractivity contribution < 1.29 is 13.2 Å². The Balaban J connectivity index is 1.69. The highest BCUT2D eigenvalue weighted by molar-refractivity contribution is 7.99. The standard InChI is InChI=1S/C21H24N4O3S2/c1-15-10-16(2)12-18(11-15)25-9-8-22-21(25)29-14-20(26)23-17-6-5-7-19(13-17)30(27,28)24(3)4/h5-13H,14H2,1-4H3,(H,23,26). The molecule has 158 valence electrons. The summed E-state index contributed by atoms with van der Waals surface area (Å²) in [4.78, 5) is 16.9. The number of aromatic nitrogens is 2. The minimum Gasteiger partial charge on any atom is -0.325 e. The fourth-order valence-electron chi connectivity index (χ4n) is 2.96. The number of hydrogen-bond donors (Lipinski definition) is 1. The van der Waals surface area contributed by atoms with Crippen molar-refractivity contribution in [2.45, 2.75) is 23.9 Å². The first kappa shape index (κ1) is 22.1. The SMILES string of the molecule is Cc1cc(C)cc(-n2ccnc2SCC(=O)Nc2cccc(S(=O)(=O)N(C)C)c2)c1. The normalized spacial score (nSPS) is 11.6. The third-order valence-electron chi connectivity index (χ3n) is 4.32. The number of thioether (sulfide) groups is 1. The summed E-state index contributed by atoms with van der Waals surface area (Å²) in [5.41, 5.74) is 3.73. The lowest BCUT2D eigenvalue weighted by Crippen LogP contribution is -2.22. The van der Waals surface area contributed by atoms with Crippen molar-refractivity contribution in [2.24, 2.45) is 0 Å². The monoisotopic (exact) mass is 444 g/mol. The average molecular weight is 445 g/mol. The summed E-state index contributed by atoms with van der Waals surface area (Å²) >= 11 is 1.32. The molecule has 0 bridgehead atoms.